The van der Waals surface area contributed by atoms with E-state index >= 15 is 0 Å². The normalized spacial score (nSPS) is 10.4. The second-order valence-corrected chi connectivity index (χ2v) is 4.72. The van der Waals surface area contributed by atoms with Crippen LogP contribution in [-0.2, 0) is 6.61 Å². The lowest BCUT2D eigenvalue weighted by atomic mass is 10.1. The van der Waals surface area contributed by atoms with Crippen LogP contribution in [0, 0.1) is 0 Å². The Hall–Kier alpha value is -0.780. The van der Waals surface area contributed by atoms with E-state index < -0.39 is 0 Å². The van der Waals surface area contributed by atoms with E-state index in [0.29, 0.717) is 4.73 Å². The van der Waals surface area contributed by atoms with Crippen LogP contribution < -0.4 is 0 Å². The first-order chi connectivity index (χ1) is 7.69. The molecule has 0 saturated heterocycles. The monoisotopic (exact) mass is 342 g/mol. The lowest BCUT2D eigenvalue weighted by Crippen LogP contribution is -1.89. The molecule has 1 N–H and O–H groups in total. The molecule has 2 aromatic rings. The third kappa shape index (κ3) is 2.66. The van der Waals surface area contributed by atoms with E-state index in [0.717, 1.165) is 21.4 Å². The molecule has 0 unspecified atom stereocenters. The molecule has 1 aromatic carbocycles. The zero-order valence-corrected chi connectivity index (χ0v) is 11.4. The highest BCUT2D eigenvalue weighted by atomic mass is 79.9. The summed E-state index contributed by atoms with van der Waals surface area (Å²) in [6.07, 6.45) is 0. The Bertz CT molecular complexity index is 480. The summed E-state index contributed by atoms with van der Waals surface area (Å²) in [6.45, 7) is 0.0530. The highest BCUT2D eigenvalue weighted by molar-refractivity contribution is 9.11. The Labute approximate surface area is 110 Å². The molecule has 0 aliphatic rings. The molecule has 0 aliphatic carbocycles. The SMILES string of the molecule is OCc1ccc(-c2cc(Br)nc(Br)n2)cc1. The highest BCUT2D eigenvalue weighted by Crippen LogP contribution is 2.22. The van der Waals surface area contributed by atoms with Crippen LogP contribution in [0.5, 0.6) is 0 Å². The van der Waals surface area contributed by atoms with Gasteiger partial charge < -0.3 is 5.11 Å². The molecule has 5 heteroatoms. The third-order valence-corrected chi connectivity index (χ3v) is 2.86. The van der Waals surface area contributed by atoms with Crippen LogP contribution in [0.15, 0.2) is 39.7 Å². The van der Waals surface area contributed by atoms with E-state index in [2.05, 4.69) is 41.8 Å². The minimum absolute atomic E-state index is 0.0530. The van der Waals surface area contributed by atoms with Crippen molar-refractivity contribution in [2.75, 3.05) is 0 Å². The molecule has 0 saturated carbocycles. The van der Waals surface area contributed by atoms with E-state index in [1.807, 2.05) is 30.3 Å². The largest absolute Gasteiger partial charge is 0.392 e. The molecule has 2 rings (SSSR count). The van der Waals surface area contributed by atoms with Gasteiger partial charge in [-0.2, -0.15) is 0 Å². The fourth-order valence-corrected chi connectivity index (χ4v) is 2.32. The van der Waals surface area contributed by atoms with Crippen molar-refractivity contribution in [3.8, 4) is 11.3 Å². The fraction of sp³-hybridized carbons (Fsp3) is 0.0909. The molecule has 3 nitrogen and oxygen atoms in total. The molecule has 16 heavy (non-hydrogen) atoms. The number of aliphatic hydroxyl groups is 1. The molecular weight excluding hydrogens is 336 g/mol. The minimum atomic E-state index is 0.0530. The molecule has 0 radical (unpaired) electrons. The van der Waals surface area contributed by atoms with Crippen molar-refractivity contribution in [1.82, 2.24) is 9.97 Å². The third-order valence-electron chi connectivity index (χ3n) is 2.10. The number of hydrogen-bond donors (Lipinski definition) is 1. The Morgan fingerprint density at radius 1 is 1.06 bits per heavy atom. The standard InChI is InChI=1S/C11H8Br2N2O/c12-10-5-9(14-11(13)15-10)8-3-1-7(6-16)2-4-8/h1-5,16H,6H2. The predicted molar refractivity (Wildman–Crippen MR) is 68.8 cm³/mol. The van der Waals surface area contributed by atoms with Gasteiger partial charge in [0, 0.05) is 5.56 Å². The lowest BCUT2D eigenvalue weighted by molar-refractivity contribution is 0.282. The van der Waals surface area contributed by atoms with Crippen molar-refractivity contribution in [1.29, 1.82) is 0 Å². The first-order valence-corrected chi connectivity index (χ1v) is 6.18. The van der Waals surface area contributed by atoms with Crippen molar-refractivity contribution >= 4 is 31.9 Å². The van der Waals surface area contributed by atoms with E-state index in [-0.39, 0.29) is 6.61 Å². The molecule has 0 aliphatic heterocycles. The molecule has 0 amide bonds. The zero-order chi connectivity index (χ0) is 11.5. The summed E-state index contributed by atoms with van der Waals surface area (Å²) < 4.78 is 1.28. The molecule has 1 aromatic heterocycles. The van der Waals surface area contributed by atoms with Gasteiger partial charge in [-0.05, 0) is 43.5 Å². The summed E-state index contributed by atoms with van der Waals surface area (Å²) >= 11 is 6.56. The van der Waals surface area contributed by atoms with Crippen LogP contribution in [0.1, 0.15) is 5.56 Å². The van der Waals surface area contributed by atoms with Crippen LogP contribution in [0.3, 0.4) is 0 Å². The van der Waals surface area contributed by atoms with Crippen LogP contribution in [-0.4, -0.2) is 15.1 Å². The first-order valence-electron chi connectivity index (χ1n) is 4.59. The second-order valence-electron chi connectivity index (χ2n) is 3.20. The van der Waals surface area contributed by atoms with Crippen molar-refractivity contribution in [2.45, 2.75) is 6.61 Å². The maximum Gasteiger partial charge on any atom is 0.198 e. The summed E-state index contributed by atoms with van der Waals surface area (Å²) in [5.74, 6) is 0. The number of halogens is 2. The van der Waals surface area contributed by atoms with Crippen LogP contribution >= 0.6 is 31.9 Å². The van der Waals surface area contributed by atoms with E-state index in [1.54, 1.807) is 0 Å². The van der Waals surface area contributed by atoms with Gasteiger partial charge in [0.2, 0.25) is 0 Å². The second kappa shape index (κ2) is 5.03. The van der Waals surface area contributed by atoms with Crippen LogP contribution in [0.4, 0.5) is 0 Å². The minimum Gasteiger partial charge on any atom is -0.392 e. The fourth-order valence-electron chi connectivity index (χ4n) is 1.32. The van der Waals surface area contributed by atoms with Crippen molar-refractivity contribution in [3.05, 3.63) is 45.2 Å². The molecule has 0 fully saturated rings. The average molecular weight is 344 g/mol. The van der Waals surface area contributed by atoms with Gasteiger partial charge in [0.1, 0.15) is 4.60 Å². The van der Waals surface area contributed by atoms with Gasteiger partial charge in [0.25, 0.3) is 0 Å². The van der Waals surface area contributed by atoms with Gasteiger partial charge in [-0.15, -0.1) is 0 Å². The summed E-state index contributed by atoms with van der Waals surface area (Å²) in [5, 5.41) is 8.95. The number of aliphatic hydroxyl groups excluding tert-OH is 1. The Balaban J connectivity index is 2.42. The topological polar surface area (TPSA) is 46.0 Å². The number of aromatic nitrogens is 2. The van der Waals surface area contributed by atoms with Crippen LogP contribution in [0.25, 0.3) is 11.3 Å². The molecular formula is C11H8Br2N2O. The van der Waals surface area contributed by atoms with E-state index in [4.69, 9.17) is 5.11 Å². The van der Waals surface area contributed by atoms with E-state index in [9.17, 15) is 0 Å². The summed E-state index contributed by atoms with van der Waals surface area (Å²) in [5.41, 5.74) is 2.70. The summed E-state index contributed by atoms with van der Waals surface area (Å²) in [6, 6.07) is 9.44. The van der Waals surface area contributed by atoms with Gasteiger partial charge >= 0.3 is 0 Å². The molecule has 0 bridgehead atoms. The molecule has 1 heterocycles. The van der Waals surface area contributed by atoms with E-state index in [1.165, 1.54) is 0 Å². The Kier molecular flexibility index (Phi) is 3.68. The Morgan fingerprint density at radius 3 is 2.31 bits per heavy atom. The molecule has 82 valence electrons. The molecule has 0 atom stereocenters. The Morgan fingerprint density at radius 2 is 1.75 bits per heavy atom. The van der Waals surface area contributed by atoms with Crippen LogP contribution in [0.2, 0.25) is 0 Å². The zero-order valence-electron chi connectivity index (χ0n) is 8.19. The smallest absolute Gasteiger partial charge is 0.198 e. The predicted octanol–water partition coefficient (Wildman–Crippen LogP) is 3.16. The van der Waals surface area contributed by atoms with Gasteiger partial charge in [0.15, 0.2) is 4.73 Å². The molecule has 0 spiro atoms. The van der Waals surface area contributed by atoms with Crippen molar-refractivity contribution in [3.63, 3.8) is 0 Å². The maximum absolute atomic E-state index is 8.95. The number of rotatable bonds is 2. The van der Waals surface area contributed by atoms with Crippen molar-refractivity contribution < 1.29 is 5.11 Å². The summed E-state index contributed by atoms with van der Waals surface area (Å²) in [4.78, 5) is 8.35. The number of nitrogens with zero attached hydrogens (tertiary/aromatic N) is 2. The van der Waals surface area contributed by atoms with Crippen molar-refractivity contribution in [2.24, 2.45) is 0 Å². The highest BCUT2D eigenvalue weighted by Gasteiger charge is 2.03. The summed E-state index contributed by atoms with van der Waals surface area (Å²) in [7, 11) is 0. The first kappa shape index (κ1) is 11.7. The average Bonchev–Trinajstić information content (AvgIpc) is 2.28. The van der Waals surface area contributed by atoms with Gasteiger partial charge in [-0.3, -0.25) is 0 Å². The lowest BCUT2D eigenvalue weighted by Gasteiger charge is -2.03. The quantitative estimate of drug-likeness (QED) is 0.673. The van der Waals surface area contributed by atoms with Gasteiger partial charge in [0.05, 0.1) is 12.3 Å². The van der Waals surface area contributed by atoms with Gasteiger partial charge in [-0.1, -0.05) is 24.3 Å². The maximum atomic E-state index is 8.95. The van der Waals surface area contributed by atoms with Gasteiger partial charge in [-0.25, -0.2) is 9.97 Å². The number of hydrogen-bond acceptors (Lipinski definition) is 3. The number of benzene rings is 1.